The number of para-hydroxylation sites is 4. The van der Waals surface area contributed by atoms with Gasteiger partial charge in [-0.25, -0.2) is 0 Å². The second-order valence-electron chi connectivity index (χ2n) is 14.8. The van der Waals surface area contributed by atoms with Crippen LogP contribution in [-0.2, 0) is 5.41 Å². The van der Waals surface area contributed by atoms with E-state index >= 15 is 0 Å². The molecule has 0 radical (unpaired) electrons. The molecule has 0 aliphatic heterocycles. The number of rotatable bonds is 5. The second kappa shape index (κ2) is 11.5. The predicted molar refractivity (Wildman–Crippen MR) is 225 cm³/mol. The zero-order valence-electron chi connectivity index (χ0n) is 30.1. The first-order chi connectivity index (χ1) is 26.6. The lowest BCUT2D eigenvalue weighted by molar-refractivity contribution is 0.662. The summed E-state index contributed by atoms with van der Waals surface area (Å²) >= 11 is 0. The van der Waals surface area contributed by atoms with Gasteiger partial charge < -0.3 is 14.0 Å². The van der Waals surface area contributed by atoms with E-state index < -0.39 is 0 Å². The molecular weight excluding hydrogens is 657 g/mol. The van der Waals surface area contributed by atoms with Gasteiger partial charge in [0.25, 0.3) is 0 Å². The van der Waals surface area contributed by atoms with Crippen LogP contribution in [0.1, 0.15) is 25.0 Å². The molecule has 0 amide bonds. The van der Waals surface area contributed by atoms with Gasteiger partial charge in [-0.05, 0) is 96.1 Å². The lowest BCUT2D eigenvalue weighted by atomic mass is 9.81. The maximum atomic E-state index is 4.88. The molecule has 7 aromatic carbocycles. The first kappa shape index (κ1) is 30.7. The fraction of sp³-hybridized carbons (Fsp3) is 0.0600. The van der Waals surface area contributed by atoms with Gasteiger partial charge in [-0.15, -0.1) is 0 Å². The Labute approximate surface area is 313 Å². The molecule has 0 fully saturated rings. The van der Waals surface area contributed by atoms with Crippen molar-refractivity contribution in [3.63, 3.8) is 0 Å². The fourth-order valence-corrected chi connectivity index (χ4v) is 9.15. The van der Waals surface area contributed by atoms with E-state index in [0.717, 1.165) is 34.1 Å². The van der Waals surface area contributed by atoms with E-state index in [1.807, 2.05) is 6.20 Å². The fourth-order valence-electron chi connectivity index (χ4n) is 9.15. The summed E-state index contributed by atoms with van der Waals surface area (Å²) in [5.74, 6) is 0. The molecule has 0 saturated heterocycles. The summed E-state index contributed by atoms with van der Waals surface area (Å²) in [7, 11) is 0. The number of benzene rings is 7. The van der Waals surface area contributed by atoms with Crippen molar-refractivity contribution in [1.29, 1.82) is 0 Å². The van der Waals surface area contributed by atoms with E-state index in [2.05, 4.69) is 204 Å². The minimum atomic E-state index is -0.198. The van der Waals surface area contributed by atoms with Gasteiger partial charge in [-0.1, -0.05) is 105 Å². The highest BCUT2D eigenvalue weighted by Crippen LogP contribution is 2.52. The Balaban J connectivity index is 1.10. The van der Waals surface area contributed by atoms with Gasteiger partial charge in [0.15, 0.2) is 0 Å². The van der Waals surface area contributed by atoms with Crippen molar-refractivity contribution in [3.8, 4) is 22.6 Å². The maximum Gasteiger partial charge on any atom is 0.0746 e. The van der Waals surface area contributed by atoms with E-state index in [0.29, 0.717) is 0 Å². The zero-order valence-corrected chi connectivity index (χ0v) is 30.1. The molecule has 3 aromatic heterocycles. The molecule has 0 bridgehead atoms. The number of fused-ring (bicyclic) bond motifs is 10. The van der Waals surface area contributed by atoms with Gasteiger partial charge in [-0.3, -0.25) is 4.98 Å². The van der Waals surface area contributed by atoms with Crippen LogP contribution in [-0.4, -0.2) is 14.1 Å². The van der Waals surface area contributed by atoms with Crippen molar-refractivity contribution in [2.75, 3.05) is 4.90 Å². The Morgan fingerprint density at radius 1 is 0.463 bits per heavy atom. The van der Waals surface area contributed by atoms with E-state index in [1.165, 1.54) is 60.3 Å². The summed E-state index contributed by atoms with van der Waals surface area (Å²) in [6.45, 7) is 4.69. The van der Waals surface area contributed by atoms with Crippen molar-refractivity contribution >= 4 is 60.7 Å². The van der Waals surface area contributed by atoms with Crippen LogP contribution in [0.3, 0.4) is 0 Å². The van der Waals surface area contributed by atoms with Gasteiger partial charge in [0.05, 0.1) is 27.8 Å². The van der Waals surface area contributed by atoms with Crippen LogP contribution in [0.25, 0.3) is 66.2 Å². The Hall–Kier alpha value is -6.91. The average Bonchev–Trinajstić information content (AvgIpc) is 3.82. The molecule has 0 N–H and O–H groups in total. The Kier molecular flexibility index (Phi) is 6.56. The Morgan fingerprint density at radius 2 is 1.06 bits per heavy atom. The third-order valence-corrected chi connectivity index (χ3v) is 11.5. The molecule has 11 rings (SSSR count). The molecule has 0 saturated carbocycles. The monoisotopic (exact) mass is 692 g/mol. The van der Waals surface area contributed by atoms with E-state index in [-0.39, 0.29) is 5.41 Å². The number of nitrogens with zero attached hydrogens (tertiary/aromatic N) is 4. The van der Waals surface area contributed by atoms with Crippen molar-refractivity contribution in [1.82, 2.24) is 14.1 Å². The molecule has 4 heteroatoms. The molecule has 0 atom stereocenters. The summed E-state index contributed by atoms with van der Waals surface area (Å²) in [6, 6.07) is 63.7. The van der Waals surface area contributed by atoms with Crippen LogP contribution in [0.2, 0.25) is 0 Å². The smallest absolute Gasteiger partial charge is 0.0746 e. The molecule has 0 unspecified atom stereocenters. The van der Waals surface area contributed by atoms with Crippen molar-refractivity contribution in [2.45, 2.75) is 19.3 Å². The largest absolute Gasteiger partial charge is 0.310 e. The Bertz CT molecular complexity index is 3060. The van der Waals surface area contributed by atoms with Crippen molar-refractivity contribution in [2.24, 2.45) is 0 Å². The highest BCUT2D eigenvalue weighted by Gasteiger charge is 2.39. The van der Waals surface area contributed by atoms with Crippen LogP contribution in [0.4, 0.5) is 17.1 Å². The first-order valence-corrected chi connectivity index (χ1v) is 18.6. The quantitative estimate of drug-likeness (QED) is 0.179. The summed E-state index contributed by atoms with van der Waals surface area (Å²) in [5.41, 5.74) is 15.2. The summed E-state index contributed by atoms with van der Waals surface area (Å²) < 4.78 is 4.84. The van der Waals surface area contributed by atoms with Crippen LogP contribution in [0, 0.1) is 0 Å². The van der Waals surface area contributed by atoms with Crippen LogP contribution < -0.4 is 4.90 Å². The minimum Gasteiger partial charge on any atom is -0.310 e. The topological polar surface area (TPSA) is 26.0 Å². The number of hydrogen-bond donors (Lipinski definition) is 0. The predicted octanol–water partition coefficient (Wildman–Crippen LogP) is 13.1. The molecule has 10 aromatic rings. The molecule has 3 heterocycles. The second-order valence-corrected chi connectivity index (χ2v) is 14.8. The maximum absolute atomic E-state index is 4.88. The molecular formula is C50H36N4. The first-order valence-electron chi connectivity index (χ1n) is 18.6. The van der Waals surface area contributed by atoms with Crippen molar-refractivity contribution < 1.29 is 0 Å². The van der Waals surface area contributed by atoms with Gasteiger partial charge >= 0.3 is 0 Å². The van der Waals surface area contributed by atoms with Crippen LogP contribution in [0.15, 0.2) is 182 Å². The standard InChI is InChI=1S/C50H36N4/c1-50(2)43-20-13-31-51-48(43)41-29-28-40-38-18-9-12-22-45(38)54(49(40)47(41)50)36-25-23-35(24-26-36)52(33-14-5-3-6-15-33)37-27-30-46-42(32-37)39-19-10-11-21-44(39)53(46)34-16-7-4-8-17-34/h3-32H,1-2H3. The van der Waals surface area contributed by atoms with Gasteiger partial charge in [0, 0.05) is 67.2 Å². The lowest BCUT2D eigenvalue weighted by Gasteiger charge is -2.26. The highest BCUT2D eigenvalue weighted by atomic mass is 15.1. The van der Waals surface area contributed by atoms with E-state index in [1.54, 1.807) is 0 Å². The molecule has 0 spiro atoms. The van der Waals surface area contributed by atoms with Gasteiger partial charge in [0.1, 0.15) is 0 Å². The average molecular weight is 693 g/mol. The zero-order chi connectivity index (χ0) is 36.0. The summed E-state index contributed by atoms with van der Waals surface area (Å²) in [4.78, 5) is 7.25. The highest BCUT2D eigenvalue weighted by molar-refractivity contribution is 6.13. The van der Waals surface area contributed by atoms with Gasteiger partial charge in [-0.2, -0.15) is 0 Å². The SMILES string of the molecule is CC1(C)c2cccnc2-c2ccc3c4ccccc4n(-c4ccc(N(c5ccccc5)c5ccc6c(c5)c5ccccc5n6-c5ccccc5)cc4)c3c21. The Morgan fingerprint density at radius 3 is 1.81 bits per heavy atom. The number of anilines is 3. The molecule has 54 heavy (non-hydrogen) atoms. The molecule has 4 nitrogen and oxygen atoms in total. The molecule has 1 aliphatic carbocycles. The van der Waals surface area contributed by atoms with Crippen LogP contribution in [0.5, 0.6) is 0 Å². The minimum absolute atomic E-state index is 0.198. The lowest BCUT2D eigenvalue weighted by Crippen LogP contribution is -2.16. The third kappa shape index (κ3) is 4.34. The number of aromatic nitrogens is 3. The summed E-state index contributed by atoms with van der Waals surface area (Å²) in [5, 5.41) is 4.98. The summed E-state index contributed by atoms with van der Waals surface area (Å²) in [6.07, 6.45) is 1.92. The van der Waals surface area contributed by atoms with E-state index in [9.17, 15) is 0 Å². The normalized spacial score (nSPS) is 13.1. The third-order valence-electron chi connectivity index (χ3n) is 11.5. The van der Waals surface area contributed by atoms with Gasteiger partial charge in [0.2, 0.25) is 0 Å². The molecule has 256 valence electrons. The number of pyridine rings is 1. The number of hydrogen-bond acceptors (Lipinski definition) is 2. The van der Waals surface area contributed by atoms with E-state index in [4.69, 9.17) is 4.98 Å². The van der Waals surface area contributed by atoms with Crippen LogP contribution >= 0.6 is 0 Å². The molecule has 1 aliphatic rings. The van der Waals surface area contributed by atoms with Crippen molar-refractivity contribution in [3.05, 3.63) is 193 Å².